The predicted molar refractivity (Wildman–Crippen MR) is 38.3 cm³/mol. The average molecular weight is 257 g/mol. The third-order valence-electron chi connectivity index (χ3n) is 0.761. The van der Waals surface area contributed by atoms with Gasteiger partial charge in [-0.3, -0.25) is 4.48 Å². The predicted octanol–water partition coefficient (Wildman–Crippen LogP) is -0.976. The average Bonchev–Trinajstić information content (AvgIpc) is 1.25. The number of alkyl halides is 3. The topological polar surface area (TPSA) is 0 Å². The first-order valence-electron chi connectivity index (χ1n) is 2.13. The minimum Gasteiger partial charge on any atom is -1.00 e. The van der Waals surface area contributed by atoms with Crippen molar-refractivity contribution in [3.8, 4) is 0 Å². The normalized spacial score (nSPS) is 12.7. The first kappa shape index (κ1) is 12.9. The van der Waals surface area contributed by atoms with Gasteiger partial charge in [0.05, 0.1) is 21.1 Å². The van der Waals surface area contributed by atoms with Gasteiger partial charge in [-0.15, -0.1) is 0 Å². The van der Waals surface area contributed by atoms with E-state index in [4.69, 9.17) is 34.8 Å². The molecule has 0 aliphatic rings. The van der Waals surface area contributed by atoms with Crippen LogP contribution in [0.4, 0.5) is 0 Å². The molecule has 0 aromatic rings. The fourth-order valence-corrected chi connectivity index (χ4v) is 0. The molecule has 0 rings (SSSR count). The van der Waals surface area contributed by atoms with Crippen LogP contribution in [-0.2, 0) is 0 Å². The minimum absolute atomic E-state index is 0. The number of hydrogen-bond donors (Lipinski definition) is 0. The highest BCUT2D eigenvalue weighted by molar-refractivity contribution is 6.66. The zero-order chi connectivity index (χ0) is 7.00. The SMILES string of the molecule is C[N+](C)(C)C(Cl)(Cl)Cl.[Br-]. The van der Waals surface area contributed by atoms with Crippen LogP contribution in [-0.4, -0.2) is 29.5 Å². The van der Waals surface area contributed by atoms with Crippen LogP contribution in [0.5, 0.6) is 0 Å². The summed E-state index contributed by atoms with van der Waals surface area (Å²) >= 11 is 16.5. The monoisotopic (exact) mass is 255 g/mol. The first-order valence-corrected chi connectivity index (χ1v) is 3.27. The van der Waals surface area contributed by atoms with Crippen LogP contribution in [0.2, 0.25) is 0 Å². The van der Waals surface area contributed by atoms with Crippen LogP contribution in [0.1, 0.15) is 0 Å². The molecule has 0 aliphatic heterocycles. The van der Waals surface area contributed by atoms with E-state index in [-0.39, 0.29) is 17.0 Å². The van der Waals surface area contributed by atoms with Crippen molar-refractivity contribution in [3.63, 3.8) is 0 Å². The van der Waals surface area contributed by atoms with E-state index < -0.39 is 3.92 Å². The molecule has 0 N–H and O–H groups in total. The standard InChI is InChI=1S/C4H9Cl3N.BrH/c1-8(2,3)4(5,6)7;/h1-3H3;1H/q+1;/p-1. The number of quaternary nitrogens is 1. The van der Waals surface area contributed by atoms with Crippen LogP contribution in [0.15, 0.2) is 0 Å². The van der Waals surface area contributed by atoms with E-state index in [1.807, 2.05) is 21.1 Å². The third-order valence-corrected chi connectivity index (χ3v) is 2.28. The van der Waals surface area contributed by atoms with Crippen LogP contribution in [0.3, 0.4) is 0 Å². The highest BCUT2D eigenvalue weighted by Gasteiger charge is 2.35. The summed E-state index contributed by atoms with van der Waals surface area (Å²) in [7, 11) is 5.44. The van der Waals surface area contributed by atoms with Gasteiger partial charge in [0.1, 0.15) is 0 Å². The molecule has 0 bridgehead atoms. The van der Waals surface area contributed by atoms with Crippen LogP contribution in [0.25, 0.3) is 0 Å². The second-order valence-corrected chi connectivity index (χ2v) is 4.70. The Morgan fingerprint density at radius 1 is 1.00 bits per heavy atom. The Bertz CT molecular complexity index is 70.8. The third kappa shape index (κ3) is 4.68. The molecule has 0 aromatic heterocycles. The summed E-state index contributed by atoms with van der Waals surface area (Å²) in [5.41, 5.74) is 0. The lowest BCUT2D eigenvalue weighted by molar-refractivity contribution is -0.880. The van der Waals surface area contributed by atoms with Crippen molar-refractivity contribution < 1.29 is 21.5 Å². The Labute approximate surface area is 81.2 Å². The van der Waals surface area contributed by atoms with Gasteiger partial charge in [0.15, 0.2) is 0 Å². The lowest BCUT2D eigenvalue weighted by atomic mass is 10.8. The molecule has 0 radical (unpaired) electrons. The summed E-state index contributed by atoms with van der Waals surface area (Å²) in [6.45, 7) is 0. The summed E-state index contributed by atoms with van der Waals surface area (Å²) in [6.07, 6.45) is 0. The Hall–Kier alpha value is 1.31. The van der Waals surface area contributed by atoms with Gasteiger partial charge in [0.2, 0.25) is 0 Å². The Kier molecular flexibility index (Phi) is 5.22. The van der Waals surface area contributed by atoms with E-state index in [2.05, 4.69) is 0 Å². The van der Waals surface area contributed by atoms with Gasteiger partial charge in [0, 0.05) is 0 Å². The Balaban J connectivity index is 0. The Morgan fingerprint density at radius 3 is 1.11 bits per heavy atom. The lowest BCUT2D eigenvalue weighted by Crippen LogP contribution is -3.00. The zero-order valence-corrected chi connectivity index (χ0v) is 9.31. The molecule has 0 heterocycles. The van der Waals surface area contributed by atoms with Crippen LogP contribution in [0, 0.1) is 0 Å². The molecule has 58 valence electrons. The number of halogens is 4. The van der Waals surface area contributed by atoms with Crippen molar-refractivity contribution in [1.82, 2.24) is 0 Å². The fourth-order valence-electron chi connectivity index (χ4n) is 0. The lowest BCUT2D eigenvalue weighted by Gasteiger charge is -2.30. The smallest absolute Gasteiger partial charge is 0.329 e. The van der Waals surface area contributed by atoms with E-state index in [0.717, 1.165) is 0 Å². The summed E-state index contributed by atoms with van der Waals surface area (Å²) in [6, 6.07) is 0. The van der Waals surface area contributed by atoms with Crippen molar-refractivity contribution in [2.24, 2.45) is 0 Å². The van der Waals surface area contributed by atoms with Crippen molar-refractivity contribution >= 4 is 34.8 Å². The van der Waals surface area contributed by atoms with Crippen molar-refractivity contribution in [2.45, 2.75) is 3.92 Å². The van der Waals surface area contributed by atoms with Crippen molar-refractivity contribution in [3.05, 3.63) is 0 Å². The summed E-state index contributed by atoms with van der Waals surface area (Å²) in [5.74, 6) is 0. The van der Waals surface area contributed by atoms with E-state index in [9.17, 15) is 0 Å². The quantitative estimate of drug-likeness (QED) is 0.297. The number of hydrogen-bond acceptors (Lipinski definition) is 0. The number of nitrogens with zero attached hydrogens (tertiary/aromatic N) is 1. The van der Waals surface area contributed by atoms with E-state index in [0.29, 0.717) is 4.48 Å². The van der Waals surface area contributed by atoms with Gasteiger partial charge in [0.25, 0.3) is 0 Å². The second kappa shape index (κ2) is 3.63. The van der Waals surface area contributed by atoms with Crippen molar-refractivity contribution in [1.29, 1.82) is 0 Å². The maximum absolute atomic E-state index is 5.51. The maximum atomic E-state index is 5.51. The molecule has 0 atom stereocenters. The molecular formula is C4H9BrCl3N. The summed E-state index contributed by atoms with van der Waals surface area (Å²) in [4.78, 5) is 0. The molecule has 0 aromatic carbocycles. The molecule has 0 fully saturated rings. The van der Waals surface area contributed by atoms with E-state index in [1.165, 1.54) is 0 Å². The highest BCUT2D eigenvalue weighted by atomic mass is 79.9. The molecule has 9 heavy (non-hydrogen) atoms. The van der Waals surface area contributed by atoms with Gasteiger partial charge >= 0.3 is 3.92 Å². The molecule has 0 spiro atoms. The highest BCUT2D eigenvalue weighted by Crippen LogP contribution is 2.32. The molecule has 0 amide bonds. The molecule has 0 saturated heterocycles. The molecule has 0 aliphatic carbocycles. The second-order valence-electron chi connectivity index (χ2n) is 2.48. The van der Waals surface area contributed by atoms with E-state index >= 15 is 0 Å². The van der Waals surface area contributed by atoms with Gasteiger partial charge in [-0.05, 0) is 34.8 Å². The van der Waals surface area contributed by atoms with Crippen molar-refractivity contribution in [2.75, 3.05) is 21.1 Å². The minimum atomic E-state index is -1.21. The van der Waals surface area contributed by atoms with Gasteiger partial charge in [-0.1, -0.05) is 0 Å². The molecular weight excluding hydrogens is 248 g/mol. The molecule has 1 nitrogen and oxygen atoms in total. The molecule has 5 heteroatoms. The number of rotatable bonds is 0. The van der Waals surface area contributed by atoms with Crippen LogP contribution < -0.4 is 17.0 Å². The largest absolute Gasteiger partial charge is 1.00 e. The molecule has 0 saturated carbocycles. The van der Waals surface area contributed by atoms with Crippen LogP contribution >= 0.6 is 34.8 Å². The summed E-state index contributed by atoms with van der Waals surface area (Å²) in [5, 5.41) is 0. The fraction of sp³-hybridized carbons (Fsp3) is 1.00. The van der Waals surface area contributed by atoms with E-state index in [1.54, 1.807) is 0 Å². The molecule has 0 unspecified atom stereocenters. The maximum Gasteiger partial charge on any atom is 0.329 e. The van der Waals surface area contributed by atoms with Gasteiger partial charge < -0.3 is 17.0 Å². The Morgan fingerprint density at radius 2 is 1.11 bits per heavy atom. The zero-order valence-electron chi connectivity index (χ0n) is 5.46. The summed E-state index contributed by atoms with van der Waals surface area (Å²) < 4.78 is -0.891. The first-order chi connectivity index (χ1) is 3.25. The van der Waals surface area contributed by atoms with Gasteiger partial charge in [-0.2, -0.15) is 0 Å². The van der Waals surface area contributed by atoms with Gasteiger partial charge in [-0.25, -0.2) is 0 Å².